The zero-order chi connectivity index (χ0) is 39.0. The highest BCUT2D eigenvalue weighted by molar-refractivity contribution is 6.06. The second-order valence-electron chi connectivity index (χ2n) is 14.1. The van der Waals surface area contributed by atoms with Crippen LogP contribution in [0.15, 0.2) is 72.8 Å². The summed E-state index contributed by atoms with van der Waals surface area (Å²) in [5.41, 5.74) is 0.711. The summed E-state index contributed by atoms with van der Waals surface area (Å²) in [6, 6.07) is 18.3. The molecule has 286 valence electrons. The quantitative estimate of drug-likeness (QED) is 0.0617. The summed E-state index contributed by atoms with van der Waals surface area (Å²) >= 11 is 0. The molecule has 3 aromatic carbocycles. The molecule has 0 spiro atoms. The van der Waals surface area contributed by atoms with E-state index >= 15 is 0 Å². The Morgan fingerprint density at radius 3 is 2.08 bits per heavy atom. The van der Waals surface area contributed by atoms with E-state index in [1.54, 1.807) is 109 Å². The second-order valence-corrected chi connectivity index (χ2v) is 14.1. The van der Waals surface area contributed by atoms with Crippen molar-refractivity contribution in [2.75, 3.05) is 32.8 Å². The minimum atomic E-state index is -0.935. The number of hydrogen-bond acceptors (Lipinski definition) is 10. The number of rotatable bonds is 17. The van der Waals surface area contributed by atoms with Gasteiger partial charge in [0.25, 0.3) is 0 Å². The molecule has 0 saturated carbocycles. The number of nitrogens with one attached hydrogen (secondary N) is 2. The van der Waals surface area contributed by atoms with Crippen LogP contribution in [0.3, 0.4) is 0 Å². The molecule has 0 saturated heterocycles. The average Bonchev–Trinajstić information content (AvgIpc) is 3.09. The predicted molar refractivity (Wildman–Crippen MR) is 202 cm³/mol. The summed E-state index contributed by atoms with van der Waals surface area (Å²) in [7, 11) is 3.09. The maximum absolute atomic E-state index is 12.9. The molecule has 0 unspecified atom stereocenters. The van der Waals surface area contributed by atoms with Gasteiger partial charge in [-0.2, -0.15) is 0 Å². The maximum atomic E-state index is 12.9. The Labute approximate surface area is 312 Å². The van der Waals surface area contributed by atoms with Crippen LogP contribution in [-0.2, 0) is 30.2 Å². The number of anilines is 1. The van der Waals surface area contributed by atoms with Crippen LogP contribution in [0.5, 0.6) is 17.2 Å². The lowest BCUT2D eigenvalue weighted by atomic mass is 10.1. The maximum Gasteiger partial charge on any atom is 0.408 e. The van der Waals surface area contributed by atoms with Crippen LogP contribution in [0, 0.1) is 0 Å². The number of unbranched alkanes of at least 4 members (excludes halogenated alkanes) is 2. The zero-order valence-electron chi connectivity index (χ0n) is 31.9. The Hall–Kier alpha value is -5.52. The minimum absolute atomic E-state index is 0.210. The molecule has 0 aliphatic rings. The van der Waals surface area contributed by atoms with Crippen molar-refractivity contribution in [3.05, 3.63) is 89.5 Å². The van der Waals surface area contributed by atoms with Gasteiger partial charge in [-0.15, -0.1) is 0 Å². The van der Waals surface area contributed by atoms with E-state index in [4.69, 9.17) is 28.4 Å². The number of esters is 2. The monoisotopic (exact) mass is 732 g/mol. The van der Waals surface area contributed by atoms with E-state index in [2.05, 4.69) is 10.6 Å². The molecule has 0 fully saturated rings. The lowest BCUT2D eigenvalue weighted by molar-refractivity contribution is -0.157. The van der Waals surface area contributed by atoms with Crippen molar-refractivity contribution in [1.82, 2.24) is 5.32 Å². The fraction of sp³-hybridized carbons (Fsp3) is 0.415. The fourth-order valence-corrected chi connectivity index (χ4v) is 4.86. The van der Waals surface area contributed by atoms with E-state index in [1.807, 2.05) is 12.1 Å². The van der Waals surface area contributed by atoms with Gasteiger partial charge in [-0.25, -0.2) is 14.4 Å². The molecule has 0 aromatic heterocycles. The third-order valence-corrected chi connectivity index (χ3v) is 7.28. The van der Waals surface area contributed by atoms with Gasteiger partial charge in [0.15, 0.2) is 11.5 Å². The van der Waals surface area contributed by atoms with E-state index < -0.39 is 41.2 Å². The summed E-state index contributed by atoms with van der Waals surface area (Å²) < 4.78 is 32.8. The van der Waals surface area contributed by atoms with Gasteiger partial charge in [-0.05, 0) is 114 Å². The molecule has 0 heterocycles. The zero-order valence-corrected chi connectivity index (χ0v) is 31.9. The Bertz CT molecular complexity index is 1700. The number of benzene rings is 3. The van der Waals surface area contributed by atoms with Crippen molar-refractivity contribution in [2.24, 2.45) is 0 Å². The van der Waals surface area contributed by atoms with Crippen molar-refractivity contribution in [2.45, 2.75) is 84.5 Å². The topological polar surface area (TPSA) is 148 Å². The van der Waals surface area contributed by atoms with E-state index in [-0.39, 0.29) is 18.6 Å². The SMILES string of the molecule is COc1ccc(C=CC(=O)Nc2ccccc2C(=O)OCCCCCOc2ccc(C[C@H](NC(=O)OC(C)(C)C)C(=O)OC(C)(C)C)cc2)cc1OC. The second kappa shape index (κ2) is 19.9. The Morgan fingerprint density at radius 1 is 0.755 bits per heavy atom. The van der Waals surface area contributed by atoms with Crippen LogP contribution >= 0.6 is 0 Å². The van der Waals surface area contributed by atoms with Crippen molar-refractivity contribution >= 4 is 35.7 Å². The Balaban J connectivity index is 1.42. The largest absolute Gasteiger partial charge is 0.494 e. The summed E-state index contributed by atoms with van der Waals surface area (Å²) in [5.74, 6) is 0.291. The number of para-hydroxylation sites is 1. The Morgan fingerprint density at radius 2 is 1.42 bits per heavy atom. The number of carbonyl (C=O) groups is 4. The third-order valence-electron chi connectivity index (χ3n) is 7.28. The van der Waals surface area contributed by atoms with Gasteiger partial charge in [0.05, 0.1) is 38.7 Å². The molecule has 12 heteroatoms. The van der Waals surface area contributed by atoms with Crippen molar-refractivity contribution < 1.29 is 47.6 Å². The first-order valence-electron chi connectivity index (χ1n) is 17.5. The van der Waals surface area contributed by atoms with E-state index in [0.717, 1.165) is 24.0 Å². The van der Waals surface area contributed by atoms with Crippen LogP contribution in [0.25, 0.3) is 6.08 Å². The van der Waals surface area contributed by atoms with Gasteiger partial charge in [-0.3, -0.25) is 4.79 Å². The van der Waals surface area contributed by atoms with Gasteiger partial charge in [0.2, 0.25) is 5.91 Å². The van der Waals surface area contributed by atoms with Crippen molar-refractivity contribution in [1.29, 1.82) is 0 Å². The molecule has 12 nitrogen and oxygen atoms in total. The van der Waals surface area contributed by atoms with E-state index in [1.165, 1.54) is 13.2 Å². The molecule has 3 aromatic rings. The molecule has 2 N–H and O–H groups in total. The Kier molecular flexibility index (Phi) is 15.7. The van der Waals surface area contributed by atoms with Gasteiger partial charge in [0, 0.05) is 12.5 Å². The first kappa shape index (κ1) is 41.9. The lowest BCUT2D eigenvalue weighted by Gasteiger charge is -2.26. The highest BCUT2D eigenvalue weighted by Gasteiger charge is 2.29. The van der Waals surface area contributed by atoms with Crippen LogP contribution in [0.1, 0.15) is 82.3 Å². The number of alkyl carbamates (subject to hydrolysis) is 1. The standard InChI is InChI=1S/C41H52N2O10/c1-40(2,3)52-38(46)33(43-39(47)53-41(4,5)6)26-28-16-20-30(21-17-28)50-24-12-9-13-25-51-37(45)31-14-10-11-15-32(31)42-36(44)23-19-29-18-22-34(48-7)35(27-29)49-8/h10-11,14-23,27,33H,9,12-13,24-26H2,1-8H3,(H,42,44)(H,43,47)/t33-/m0/s1. The van der Waals surface area contributed by atoms with Crippen LogP contribution in [0.4, 0.5) is 10.5 Å². The number of hydrogen-bond donors (Lipinski definition) is 2. The summed E-state index contributed by atoms with van der Waals surface area (Å²) in [5, 5.41) is 5.38. The van der Waals surface area contributed by atoms with Gasteiger partial charge in [-0.1, -0.05) is 30.3 Å². The van der Waals surface area contributed by atoms with Gasteiger partial charge < -0.3 is 39.1 Å². The minimum Gasteiger partial charge on any atom is -0.494 e. The summed E-state index contributed by atoms with van der Waals surface area (Å²) in [6.45, 7) is 11.2. The molecule has 3 rings (SSSR count). The number of amides is 2. The average molecular weight is 733 g/mol. The van der Waals surface area contributed by atoms with Crippen molar-refractivity contribution in [3.8, 4) is 17.2 Å². The number of carbonyl (C=O) groups excluding carboxylic acids is 4. The fourth-order valence-electron chi connectivity index (χ4n) is 4.86. The molecule has 53 heavy (non-hydrogen) atoms. The summed E-state index contributed by atoms with van der Waals surface area (Å²) in [4.78, 5) is 50.8. The third kappa shape index (κ3) is 15.3. The molecule has 0 bridgehead atoms. The van der Waals surface area contributed by atoms with E-state index in [0.29, 0.717) is 36.0 Å². The normalized spacial score (nSPS) is 12.0. The van der Waals surface area contributed by atoms with Crippen LogP contribution in [-0.4, -0.2) is 68.6 Å². The van der Waals surface area contributed by atoms with Gasteiger partial charge >= 0.3 is 18.0 Å². The molecule has 0 aliphatic heterocycles. The summed E-state index contributed by atoms with van der Waals surface area (Å²) in [6.07, 6.45) is 4.64. The highest BCUT2D eigenvalue weighted by atomic mass is 16.6. The van der Waals surface area contributed by atoms with Gasteiger partial charge in [0.1, 0.15) is 23.0 Å². The molecule has 0 aliphatic carbocycles. The molecular weight excluding hydrogens is 680 g/mol. The molecular formula is C41H52N2O10. The number of ether oxygens (including phenoxy) is 6. The smallest absolute Gasteiger partial charge is 0.408 e. The predicted octanol–water partition coefficient (Wildman–Crippen LogP) is 7.54. The highest BCUT2D eigenvalue weighted by Crippen LogP contribution is 2.28. The molecule has 1 atom stereocenters. The van der Waals surface area contributed by atoms with Crippen molar-refractivity contribution in [3.63, 3.8) is 0 Å². The molecule has 2 amide bonds. The first-order valence-corrected chi connectivity index (χ1v) is 17.5. The first-order chi connectivity index (χ1) is 25.1. The number of methoxy groups -OCH3 is 2. The van der Waals surface area contributed by atoms with E-state index in [9.17, 15) is 19.2 Å². The lowest BCUT2D eigenvalue weighted by Crippen LogP contribution is -2.47. The molecule has 0 radical (unpaired) electrons. The van der Waals surface area contributed by atoms with Crippen LogP contribution < -0.4 is 24.8 Å². The van der Waals surface area contributed by atoms with Crippen LogP contribution in [0.2, 0.25) is 0 Å².